The maximum absolute atomic E-state index is 13.9. The van der Waals surface area contributed by atoms with E-state index in [1.165, 1.54) is 18.2 Å². The Kier molecular flexibility index (Phi) is 17.5. The number of esters is 1. The average molecular weight is 821 g/mol. The molecule has 13 nitrogen and oxygen atoms in total. The highest BCUT2D eigenvalue weighted by Crippen LogP contribution is 2.20. The van der Waals surface area contributed by atoms with Crippen molar-refractivity contribution in [2.75, 3.05) is 6.54 Å². The van der Waals surface area contributed by atoms with Gasteiger partial charge in [0.15, 0.2) is 9.84 Å². The number of hydrogen-bond acceptors (Lipinski definition) is 10. The smallest absolute Gasteiger partial charge is 0.408 e. The summed E-state index contributed by atoms with van der Waals surface area (Å²) in [7, 11) is -3.80. The normalized spacial score (nSPS) is 14.2. The fourth-order valence-electron chi connectivity index (χ4n) is 5.56. The van der Waals surface area contributed by atoms with Crippen molar-refractivity contribution in [3.63, 3.8) is 0 Å². The van der Waals surface area contributed by atoms with Gasteiger partial charge in [0.2, 0.25) is 11.8 Å². The van der Waals surface area contributed by atoms with Gasteiger partial charge >= 0.3 is 12.1 Å². The molecule has 0 saturated carbocycles. The summed E-state index contributed by atoms with van der Waals surface area (Å²) in [4.78, 5) is 53.4. The van der Waals surface area contributed by atoms with Crippen LogP contribution in [0.5, 0.6) is 5.75 Å². The molecule has 0 spiro atoms. The highest BCUT2D eigenvalue weighted by Gasteiger charge is 2.30. The molecule has 3 aromatic rings. The van der Waals surface area contributed by atoms with E-state index in [4.69, 9.17) is 14.2 Å². The summed E-state index contributed by atoms with van der Waals surface area (Å²) in [5.41, 5.74) is 0.361. The van der Waals surface area contributed by atoms with E-state index in [1.54, 1.807) is 71.9 Å². The summed E-state index contributed by atoms with van der Waals surface area (Å²) in [6.07, 6.45) is 0.522. The Bertz CT molecular complexity index is 1920. The van der Waals surface area contributed by atoms with Crippen LogP contribution < -0.4 is 26.0 Å². The zero-order valence-electron chi connectivity index (χ0n) is 35.0. The topological polar surface area (TPSA) is 178 Å². The van der Waals surface area contributed by atoms with E-state index in [0.29, 0.717) is 5.75 Å². The van der Waals surface area contributed by atoms with Crippen LogP contribution in [-0.4, -0.2) is 74.2 Å². The van der Waals surface area contributed by atoms with Gasteiger partial charge in [0.05, 0.1) is 11.3 Å². The lowest BCUT2D eigenvalue weighted by Gasteiger charge is -2.27. The SMILES string of the molecule is CC(C)[C@H](NC(=O)[C@H](Cc1ccc(OC(C)(C)C)cc1)NC(=O)OCc1ccccc1)C(=O)N[C@@H](C)CN[C@H](/C=C/S(=O)(=O)c1ccccc1)CC(=O)OC(C)(C)C. The summed E-state index contributed by atoms with van der Waals surface area (Å²) in [6, 6.07) is 20.9. The number of benzene rings is 3. The first-order valence-electron chi connectivity index (χ1n) is 19.4. The van der Waals surface area contributed by atoms with Crippen LogP contribution >= 0.6 is 0 Å². The maximum atomic E-state index is 13.9. The Hall–Kier alpha value is -5.21. The zero-order valence-corrected chi connectivity index (χ0v) is 35.9. The number of hydrogen-bond donors (Lipinski definition) is 4. The third-order valence-electron chi connectivity index (χ3n) is 8.30. The molecule has 0 unspecified atom stereocenters. The van der Waals surface area contributed by atoms with Crippen LogP contribution in [0.3, 0.4) is 0 Å². The number of carbonyl (C=O) groups excluding carboxylic acids is 4. The lowest BCUT2D eigenvalue weighted by Crippen LogP contribution is -2.57. The molecule has 0 aliphatic heterocycles. The maximum Gasteiger partial charge on any atom is 0.408 e. The summed E-state index contributed by atoms with van der Waals surface area (Å²) < 4.78 is 42.8. The van der Waals surface area contributed by atoms with Gasteiger partial charge in [0.25, 0.3) is 0 Å². The van der Waals surface area contributed by atoms with Gasteiger partial charge in [-0.05, 0) is 89.8 Å². The van der Waals surface area contributed by atoms with Gasteiger partial charge in [0, 0.05) is 30.5 Å². The van der Waals surface area contributed by atoms with Crippen molar-refractivity contribution in [1.82, 2.24) is 21.3 Å². The molecule has 0 radical (unpaired) electrons. The number of ether oxygens (including phenoxy) is 3. The second kappa shape index (κ2) is 21.5. The summed E-state index contributed by atoms with van der Waals surface area (Å²) in [6.45, 7) is 16.5. The first-order chi connectivity index (χ1) is 27.1. The van der Waals surface area contributed by atoms with Crippen LogP contribution in [0.4, 0.5) is 4.79 Å². The van der Waals surface area contributed by atoms with E-state index in [9.17, 15) is 27.6 Å². The molecule has 3 aromatic carbocycles. The Morgan fingerprint density at radius 3 is 1.90 bits per heavy atom. The van der Waals surface area contributed by atoms with Crippen molar-refractivity contribution < 1.29 is 41.8 Å². The third-order valence-corrected chi connectivity index (χ3v) is 9.74. The van der Waals surface area contributed by atoms with Crippen molar-refractivity contribution in [3.8, 4) is 5.75 Å². The van der Waals surface area contributed by atoms with Gasteiger partial charge in [-0.2, -0.15) is 0 Å². The van der Waals surface area contributed by atoms with E-state index >= 15 is 0 Å². The van der Waals surface area contributed by atoms with E-state index in [2.05, 4.69) is 21.3 Å². The first kappa shape index (κ1) is 47.2. The van der Waals surface area contributed by atoms with E-state index in [1.807, 2.05) is 63.2 Å². The number of carbonyl (C=O) groups is 4. The van der Waals surface area contributed by atoms with Crippen LogP contribution in [0.1, 0.15) is 79.9 Å². The van der Waals surface area contributed by atoms with Crippen molar-refractivity contribution in [2.45, 2.75) is 122 Å². The molecule has 0 fully saturated rings. The molecule has 0 aromatic heterocycles. The molecular weight excluding hydrogens is 761 g/mol. The molecule has 0 aliphatic rings. The number of alkyl carbamates (subject to hydrolysis) is 1. The Labute approximate surface area is 343 Å². The molecule has 58 heavy (non-hydrogen) atoms. The number of sulfone groups is 1. The molecule has 0 heterocycles. The van der Waals surface area contributed by atoms with Crippen LogP contribution in [0.25, 0.3) is 0 Å². The average Bonchev–Trinajstić information content (AvgIpc) is 3.13. The highest BCUT2D eigenvalue weighted by atomic mass is 32.2. The molecule has 0 aliphatic carbocycles. The zero-order chi connectivity index (χ0) is 43.1. The molecule has 3 rings (SSSR count). The Morgan fingerprint density at radius 2 is 1.33 bits per heavy atom. The molecule has 0 saturated heterocycles. The molecule has 14 heteroatoms. The van der Waals surface area contributed by atoms with Crippen LogP contribution in [0.15, 0.2) is 101 Å². The van der Waals surface area contributed by atoms with Gasteiger partial charge in [-0.15, -0.1) is 0 Å². The van der Waals surface area contributed by atoms with Crippen LogP contribution in [-0.2, 0) is 46.7 Å². The Balaban J connectivity index is 1.72. The predicted molar refractivity (Wildman–Crippen MR) is 223 cm³/mol. The van der Waals surface area contributed by atoms with Gasteiger partial charge in [-0.25, -0.2) is 13.2 Å². The van der Waals surface area contributed by atoms with Gasteiger partial charge < -0.3 is 35.5 Å². The van der Waals surface area contributed by atoms with Gasteiger partial charge in [0.1, 0.15) is 35.6 Å². The Morgan fingerprint density at radius 1 is 0.724 bits per heavy atom. The van der Waals surface area contributed by atoms with Crippen LogP contribution in [0.2, 0.25) is 0 Å². The third kappa shape index (κ3) is 17.5. The molecule has 0 bridgehead atoms. The minimum absolute atomic E-state index is 0.0000611. The fraction of sp³-hybridized carbons (Fsp3) is 0.455. The van der Waals surface area contributed by atoms with Crippen molar-refractivity contribution in [1.29, 1.82) is 0 Å². The monoisotopic (exact) mass is 820 g/mol. The predicted octanol–water partition coefficient (Wildman–Crippen LogP) is 6.02. The molecule has 4 atom stereocenters. The van der Waals surface area contributed by atoms with Crippen molar-refractivity contribution in [3.05, 3.63) is 108 Å². The number of rotatable bonds is 19. The second-order valence-electron chi connectivity index (χ2n) is 16.5. The van der Waals surface area contributed by atoms with Crippen molar-refractivity contribution in [2.24, 2.45) is 5.92 Å². The van der Waals surface area contributed by atoms with Gasteiger partial charge in [-0.3, -0.25) is 14.4 Å². The standard InChI is InChI=1S/C44H60N4O9S/c1-30(2)39(41(51)46-31(3)28-45-34(27-38(49)57-44(7,8)9)24-25-58(53,54)36-18-14-11-15-19-36)48-40(50)37(47-42(52)55-29-33-16-12-10-13-17-33)26-32-20-22-35(23-21-32)56-43(4,5)6/h10-25,30-31,34,37,39,45H,26-29H2,1-9H3,(H,46,51)(H,47,52)(H,48,50)/b25-24+/t31-,34+,37-,39-/m0/s1. The van der Waals surface area contributed by atoms with E-state index < -0.39 is 69.1 Å². The quantitative estimate of drug-likeness (QED) is 0.105. The molecule has 316 valence electrons. The van der Waals surface area contributed by atoms with Crippen molar-refractivity contribution >= 4 is 33.7 Å². The highest BCUT2D eigenvalue weighted by molar-refractivity contribution is 7.94. The number of nitrogens with one attached hydrogen (secondary N) is 4. The lowest BCUT2D eigenvalue weighted by atomic mass is 10.0. The summed E-state index contributed by atoms with van der Waals surface area (Å²) >= 11 is 0. The molecule has 4 N–H and O–H groups in total. The lowest BCUT2D eigenvalue weighted by molar-refractivity contribution is -0.155. The fourth-order valence-corrected chi connectivity index (χ4v) is 6.65. The van der Waals surface area contributed by atoms with E-state index in [0.717, 1.165) is 16.5 Å². The molecule has 3 amide bonds. The van der Waals surface area contributed by atoms with Crippen LogP contribution in [0, 0.1) is 5.92 Å². The first-order valence-corrected chi connectivity index (χ1v) is 20.9. The van der Waals surface area contributed by atoms with E-state index in [-0.39, 0.29) is 36.8 Å². The second-order valence-corrected chi connectivity index (χ2v) is 18.3. The minimum atomic E-state index is -3.80. The van der Waals surface area contributed by atoms with Gasteiger partial charge in [-0.1, -0.05) is 80.6 Å². The molecular formula is C44H60N4O9S. The minimum Gasteiger partial charge on any atom is -0.488 e. The summed E-state index contributed by atoms with van der Waals surface area (Å²) in [5, 5.41) is 12.6. The number of amides is 3. The largest absolute Gasteiger partial charge is 0.488 e. The summed E-state index contributed by atoms with van der Waals surface area (Å²) in [5.74, 6) is -1.30.